The second-order valence-corrected chi connectivity index (χ2v) is 5.09. The highest BCUT2D eigenvalue weighted by Gasteiger charge is 2.11. The monoisotopic (exact) mass is 272 g/mol. The Hall–Kier alpha value is -2.00. The van der Waals surface area contributed by atoms with E-state index >= 15 is 0 Å². The van der Waals surface area contributed by atoms with Crippen molar-refractivity contribution in [2.24, 2.45) is 0 Å². The van der Waals surface area contributed by atoms with E-state index in [0.29, 0.717) is 0 Å². The van der Waals surface area contributed by atoms with Crippen LogP contribution in [0.1, 0.15) is 22.1 Å². The summed E-state index contributed by atoms with van der Waals surface area (Å²) in [5.41, 5.74) is 4.59. The zero-order valence-corrected chi connectivity index (χ0v) is 11.2. The van der Waals surface area contributed by atoms with E-state index in [1.165, 1.54) is 5.56 Å². The van der Waals surface area contributed by atoms with Gasteiger partial charge >= 0.3 is 5.69 Å². The molecule has 3 aromatic rings. The fourth-order valence-electron chi connectivity index (χ4n) is 2.14. The van der Waals surface area contributed by atoms with Crippen LogP contribution in [0.5, 0.6) is 0 Å². The zero-order valence-electron chi connectivity index (χ0n) is 10.4. The first-order valence-electron chi connectivity index (χ1n) is 6.06. The fraction of sp³-hybridized carbons (Fsp3) is 0.133. The maximum atomic E-state index is 11.2. The van der Waals surface area contributed by atoms with Gasteiger partial charge in [-0.3, -0.25) is 0 Å². The van der Waals surface area contributed by atoms with E-state index in [2.05, 4.69) is 9.97 Å². The second kappa shape index (κ2) is 4.59. The van der Waals surface area contributed by atoms with E-state index < -0.39 is 0 Å². The first-order valence-corrected chi connectivity index (χ1v) is 6.50. The maximum absolute atomic E-state index is 11.2. The van der Waals surface area contributed by atoms with Crippen LogP contribution < -0.4 is 5.69 Å². The molecule has 1 atom stereocenters. The average molecular weight is 273 g/mol. The Balaban J connectivity index is 2.03. The van der Waals surface area contributed by atoms with Crippen LogP contribution in [0.15, 0.2) is 47.3 Å². The minimum Gasteiger partial charge on any atom is -0.306 e. The van der Waals surface area contributed by atoms with Gasteiger partial charge in [-0.1, -0.05) is 35.9 Å². The van der Waals surface area contributed by atoms with E-state index in [-0.39, 0.29) is 11.1 Å². The van der Waals surface area contributed by atoms with Crippen LogP contribution in [-0.4, -0.2) is 9.97 Å². The second-order valence-electron chi connectivity index (χ2n) is 4.66. The average Bonchev–Trinajstić information content (AvgIpc) is 2.77. The lowest BCUT2D eigenvalue weighted by atomic mass is 10.0. The molecule has 0 aliphatic carbocycles. The lowest BCUT2D eigenvalue weighted by molar-refractivity contribution is 1.14. The predicted molar refractivity (Wildman–Crippen MR) is 77.8 cm³/mol. The number of nitrogens with one attached hydrogen (secondary N) is 2. The molecular formula is C15H13ClN2O. The molecule has 0 saturated carbocycles. The molecule has 0 bridgehead atoms. The van der Waals surface area contributed by atoms with Crippen molar-refractivity contribution < 1.29 is 0 Å². The number of aromatic amines is 2. The smallest absolute Gasteiger partial charge is 0.306 e. The van der Waals surface area contributed by atoms with Crippen LogP contribution in [0, 0.1) is 6.92 Å². The zero-order chi connectivity index (χ0) is 13.4. The SMILES string of the molecule is Cc1ccc(C(Cl)c2ccc3[nH]c(=O)[nH]c3c2)cc1. The normalized spacial score (nSPS) is 12.7. The Morgan fingerprint density at radius 3 is 2.32 bits per heavy atom. The molecule has 0 fully saturated rings. The minimum absolute atomic E-state index is 0.200. The third-order valence-corrected chi connectivity index (χ3v) is 3.71. The number of halogens is 1. The number of imidazole rings is 1. The van der Waals surface area contributed by atoms with Crippen molar-refractivity contribution in [2.45, 2.75) is 12.3 Å². The molecule has 2 aromatic carbocycles. The van der Waals surface area contributed by atoms with E-state index in [1.807, 2.05) is 49.4 Å². The largest absolute Gasteiger partial charge is 0.323 e. The molecule has 2 N–H and O–H groups in total. The Labute approximate surface area is 115 Å². The van der Waals surface area contributed by atoms with Gasteiger partial charge in [-0.25, -0.2) is 4.79 Å². The molecule has 0 amide bonds. The summed E-state index contributed by atoms with van der Waals surface area (Å²) in [5.74, 6) is 0. The van der Waals surface area contributed by atoms with E-state index in [9.17, 15) is 4.79 Å². The number of hydrogen-bond donors (Lipinski definition) is 2. The molecule has 1 heterocycles. The number of aryl methyl sites for hydroxylation is 1. The lowest BCUT2D eigenvalue weighted by Crippen LogP contribution is -1.99. The number of H-pyrrole nitrogens is 2. The molecule has 96 valence electrons. The van der Waals surface area contributed by atoms with Crippen molar-refractivity contribution in [1.29, 1.82) is 0 Å². The number of fused-ring (bicyclic) bond motifs is 1. The number of aromatic nitrogens is 2. The third-order valence-electron chi connectivity index (χ3n) is 3.20. The predicted octanol–water partition coefficient (Wildman–Crippen LogP) is 3.49. The first-order chi connectivity index (χ1) is 9.13. The van der Waals surface area contributed by atoms with Crippen LogP contribution in [-0.2, 0) is 0 Å². The van der Waals surface area contributed by atoms with Gasteiger partial charge in [0.25, 0.3) is 0 Å². The van der Waals surface area contributed by atoms with Crippen molar-refractivity contribution in [2.75, 3.05) is 0 Å². The van der Waals surface area contributed by atoms with Crippen molar-refractivity contribution in [3.63, 3.8) is 0 Å². The topological polar surface area (TPSA) is 48.6 Å². The minimum atomic E-state index is -0.219. The van der Waals surface area contributed by atoms with Crippen LogP contribution in [0.4, 0.5) is 0 Å². The molecule has 19 heavy (non-hydrogen) atoms. The Morgan fingerprint density at radius 2 is 1.58 bits per heavy atom. The van der Waals surface area contributed by atoms with Gasteiger partial charge in [-0.15, -0.1) is 11.6 Å². The highest BCUT2D eigenvalue weighted by molar-refractivity contribution is 6.22. The molecule has 0 radical (unpaired) electrons. The summed E-state index contributed by atoms with van der Waals surface area (Å²) in [4.78, 5) is 16.7. The van der Waals surface area contributed by atoms with Crippen molar-refractivity contribution in [3.05, 3.63) is 69.6 Å². The summed E-state index contributed by atoms with van der Waals surface area (Å²) in [7, 11) is 0. The van der Waals surface area contributed by atoms with E-state index in [1.54, 1.807) is 0 Å². The van der Waals surface area contributed by atoms with Crippen LogP contribution in [0.3, 0.4) is 0 Å². The van der Waals surface area contributed by atoms with Crippen molar-refractivity contribution in [1.82, 2.24) is 9.97 Å². The molecule has 1 aromatic heterocycles. The summed E-state index contributed by atoms with van der Waals surface area (Å²) >= 11 is 6.49. The van der Waals surface area contributed by atoms with Crippen LogP contribution in [0.25, 0.3) is 11.0 Å². The lowest BCUT2D eigenvalue weighted by Gasteiger charge is -2.10. The van der Waals surface area contributed by atoms with Gasteiger partial charge in [-0.2, -0.15) is 0 Å². The summed E-state index contributed by atoms with van der Waals surface area (Å²) < 4.78 is 0. The molecular weight excluding hydrogens is 260 g/mol. The van der Waals surface area contributed by atoms with Crippen molar-refractivity contribution >= 4 is 22.6 Å². The van der Waals surface area contributed by atoms with Gasteiger partial charge in [0.15, 0.2) is 0 Å². The highest BCUT2D eigenvalue weighted by Crippen LogP contribution is 2.30. The number of alkyl halides is 1. The molecule has 3 rings (SSSR count). The maximum Gasteiger partial charge on any atom is 0.323 e. The molecule has 4 heteroatoms. The number of benzene rings is 2. The summed E-state index contributed by atoms with van der Waals surface area (Å²) in [6.45, 7) is 2.05. The molecule has 0 aliphatic heterocycles. The quantitative estimate of drug-likeness (QED) is 0.689. The summed E-state index contributed by atoms with van der Waals surface area (Å²) in [6, 6.07) is 13.8. The third kappa shape index (κ3) is 2.29. The number of rotatable bonds is 2. The van der Waals surface area contributed by atoms with Crippen LogP contribution in [0.2, 0.25) is 0 Å². The first kappa shape index (κ1) is 12.1. The van der Waals surface area contributed by atoms with Crippen molar-refractivity contribution in [3.8, 4) is 0 Å². The fourth-order valence-corrected chi connectivity index (χ4v) is 2.42. The molecule has 0 aliphatic rings. The van der Waals surface area contributed by atoms with E-state index in [4.69, 9.17) is 11.6 Å². The van der Waals surface area contributed by atoms with Gasteiger partial charge in [0, 0.05) is 0 Å². The summed E-state index contributed by atoms with van der Waals surface area (Å²) in [5, 5.41) is -0.219. The van der Waals surface area contributed by atoms with E-state index in [0.717, 1.165) is 22.2 Å². The number of hydrogen-bond acceptors (Lipinski definition) is 1. The Morgan fingerprint density at radius 1 is 0.947 bits per heavy atom. The van der Waals surface area contributed by atoms with Crippen LogP contribution >= 0.6 is 11.6 Å². The molecule has 1 unspecified atom stereocenters. The Kier molecular flexibility index (Phi) is 2.91. The molecule has 3 nitrogen and oxygen atoms in total. The molecule has 0 saturated heterocycles. The van der Waals surface area contributed by atoms with Gasteiger partial charge in [0.05, 0.1) is 16.4 Å². The Bertz CT molecular complexity index is 771. The van der Waals surface area contributed by atoms with Gasteiger partial charge in [0.2, 0.25) is 0 Å². The molecule has 0 spiro atoms. The highest BCUT2D eigenvalue weighted by atomic mass is 35.5. The van der Waals surface area contributed by atoms with Gasteiger partial charge < -0.3 is 9.97 Å². The standard InChI is InChI=1S/C15H13ClN2O/c1-9-2-4-10(5-3-9)14(16)11-6-7-12-13(8-11)18-15(19)17-12/h2-8,14H,1H3,(H2,17,18,19). The van der Waals surface area contributed by atoms with Gasteiger partial charge in [0.1, 0.15) is 0 Å². The summed E-state index contributed by atoms with van der Waals surface area (Å²) in [6.07, 6.45) is 0. The van der Waals surface area contributed by atoms with Gasteiger partial charge in [-0.05, 0) is 30.2 Å².